The van der Waals surface area contributed by atoms with Gasteiger partial charge in [-0.15, -0.1) is 0 Å². The van der Waals surface area contributed by atoms with Crippen LogP contribution in [0.25, 0.3) is 0 Å². The molecule has 3 nitrogen and oxygen atoms in total. The van der Waals surface area contributed by atoms with Crippen molar-refractivity contribution in [2.45, 2.75) is 12.0 Å². The Kier molecular flexibility index (Phi) is 1.51. The molecule has 48 valence electrons. The second-order valence-electron chi connectivity index (χ2n) is 2.19. The molecule has 0 amide bonds. The van der Waals surface area contributed by atoms with Crippen molar-refractivity contribution in [1.29, 1.82) is 0 Å². The molecule has 1 fully saturated rings. The van der Waals surface area contributed by atoms with Crippen LogP contribution in [0.2, 0.25) is 0 Å². The van der Waals surface area contributed by atoms with Crippen molar-refractivity contribution in [3.63, 3.8) is 0 Å². The molecule has 1 aliphatic heterocycles. The van der Waals surface area contributed by atoms with Crippen LogP contribution in [-0.2, 0) is 4.74 Å². The summed E-state index contributed by atoms with van der Waals surface area (Å²) < 4.78 is 4.84. The van der Waals surface area contributed by atoms with Gasteiger partial charge in [0, 0.05) is 13.0 Å². The highest BCUT2D eigenvalue weighted by Crippen LogP contribution is 2.16. The summed E-state index contributed by atoms with van der Waals surface area (Å²) in [6.07, 6.45) is 0.559. The third-order valence-electron chi connectivity index (χ3n) is 1.38. The highest BCUT2D eigenvalue weighted by atomic mass is 16.5. The molecule has 1 aliphatic rings. The highest BCUT2D eigenvalue weighted by molar-refractivity contribution is 4.80. The molecular formula is C5H10O3. The minimum absolute atomic E-state index is 0.188. The van der Waals surface area contributed by atoms with Gasteiger partial charge >= 0.3 is 0 Å². The van der Waals surface area contributed by atoms with E-state index in [2.05, 4.69) is 0 Å². The number of ether oxygens (including phenoxy) is 1. The van der Waals surface area contributed by atoms with E-state index in [0.717, 1.165) is 0 Å². The maximum atomic E-state index is 9.12. The zero-order valence-corrected chi connectivity index (χ0v) is 4.63. The molecule has 1 unspecified atom stereocenters. The van der Waals surface area contributed by atoms with Crippen molar-refractivity contribution in [3.05, 3.63) is 0 Å². The van der Waals surface area contributed by atoms with E-state index in [1.165, 1.54) is 0 Å². The third kappa shape index (κ3) is 0.992. The Balaban J connectivity index is 2.40. The third-order valence-corrected chi connectivity index (χ3v) is 1.38. The fourth-order valence-electron chi connectivity index (χ4n) is 0.721. The molecule has 1 saturated heterocycles. The van der Waals surface area contributed by atoms with E-state index in [0.29, 0.717) is 13.0 Å². The first-order chi connectivity index (χ1) is 3.77. The number of hydrogen-bond donors (Lipinski definition) is 2. The zero-order chi connectivity index (χ0) is 6.04. The predicted octanol–water partition coefficient (Wildman–Crippen LogP) is -0.870. The second-order valence-corrected chi connectivity index (χ2v) is 2.19. The molecule has 0 saturated carbocycles. The van der Waals surface area contributed by atoms with Gasteiger partial charge in [-0.1, -0.05) is 0 Å². The average molecular weight is 118 g/mol. The summed E-state index contributed by atoms with van der Waals surface area (Å²) in [6.45, 7) is 0.660. The molecule has 2 N–H and O–H groups in total. The summed E-state index contributed by atoms with van der Waals surface area (Å²) in [5.74, 6) is 0. The van der Waals surface area contributed by atoms with Crippen LogP contribution in [0.1, 0.15) is 6.42 Å². The molecule has 0 aromatic rings. The Hall–Kier alpha value is -0.120. The van der Waals surface area contributed by atoms with Crippen molar-refractivity contribution < 1.29 is 14.9 Å². The lowest BCUT2D eigenvalue weighted by atomic mass is 10.1. The summed E-state index contributed by atoms with van der Waals surface area (Å²) in [4.78, 5) is 0. The first-order valence-corrected chi connectivity index (χ1v) is 2.68. The SMILES string of the molecule is OCC1(O)CCOC1. The number of rotatable bonds is 1. The van der Waals surface area contributed by atoms with Gasteiger partial charge in [-0.3, -0.25) is 0 Å². The molecule has 0 spiro atoms. The summed E-state index contributed by atoms with van der Waals surface area (Å²) in [7, 11) is 0. The van der Waals surface area contributed by atoms with Crippen LogP contribution in [0.3, 0.4) is 0 Å². The van der Waals surface area contributed by atoms with Crippen LogP contribution in [0.4, 0.5) is 0 Å². The van der Waals surface area contributed by atoms with Crippen molar-refractivity contribution in [3.8, 4) is 0 Å². The molecule has 8 heavy (non-hydrogen) atoms. The van der Waals surface area contributed by atoms with E-state index < -0.39 is 5.60 Å². The van der Waals surface area contributed by atoms with Crippen LogP contribution in [-0.4, -0.2) is 35.6 Å². The van der Waals surface area contributed by atoms with Crippen molar-refractivity contribution in [2.24, 2.45) is 0 Å². The smallest absolute Gasteiger partial charge is 0.113 e. The number of hydrogen-bond acceptors (Lipinski definition) is 3. The van der Waals surface area contributed by atoms with E-state index in [9.17, 15) is 0 Å². The predicted molar refractivity (Wildman–Crippen MR) is 27.5 cm³/mol. The maximum Gasteiger partial charge on any atom is 0.113 e. The molecule has 0 bridgehead atoms. The van der Waals surface area contributed by atoms with Gasteiger partial charge in [0.15, 0.2) is 0 Å². The Morgan fingerprint density at radius 1 is 1.62 bits per heavy atom. The Labute approximate surface area is 47.9 Å². The molecule has 1 atom stereocenters. The van der Waals surface area contributed by atoms with Crippen LogP contribution >= 0.6 is 0 Å². The van der Waals surface area contributed by atoms with Gasteiger partial charge in [0.05, 0.1) is 13.2 Å². The van der Waals surface area contributed by atoms with Gasteiger partial charge in [0.1, 0.15) is 5.60 Å². The van der Waals surface area contributed by atoms with Gasteiger partial charge in [0.25, 0.3) is 0 Å². The Morgan fingerprint density at radius 3 is 2.62 bits per heavy atom. The first-order valence-electron chi connectivity index (χ1n) is 2.68. The van der Waals surface area contributed by atoms with Crippen LogP contribution in [0.5, 0.6) is 0 Å². The average Bonchev–Trinajstić information content (AvgIpc) is 2.17. The topological polar surface area (TPSA) is 49.7 Å². The van der Waals surface area contributed by atoms with E-state index >= 15 is 0 Å². The lowest BCUT2D eigenvalue weighted by Crippen LogP contribution is -2.32. The number of aliphatic hydroxyl groups excluding tert-OH is 1. The fourth-order valence-corrected chi connectivity index (χ4v) is 0.721. The van der Waals surface area contributed by atoms with Gasteiger partial charge in [-0.2, -0.15) is 0 Å². The largest absolute Gasteiger partial charge is 0.393 e. The molecule has 3 heteroatoms. The summed E-state index contributed by atoms with van der Waals surface area (Å²) in [5.41, 5.74) is -0.931. The Morgan fingerprint density at radius 2 is 2.38 bits per heavy atom. The van der Waals surface area contributed by atoms with E-state index in [4.69, 9.17) is 14.9 Å². The van der Waals surface area contributed by atoms with Crippen molar-refractivity contribution in [1.82, 2.24) is 0 Å². The summed E-state index contributed by atoms with van der Waals surface area (Å²) >= 11 is 0. The molecule has 1 rings (SSSR count). The fraction of sp³-hybridized carbons (Fsp3) is 1.00. The monoisotopic (exact) mass is 118 g/mol. The summed E-state index contributed by atoms with van der Waals surface area (Å²) in [6, 6.07) is 0. The minimum Gasteiger partial charge on any atom is -0.393 e. The standard InChI is InChI=1S/C5H10O3/c6-3-5(7)1-2-8-4-5/h6-7H,1-4H2. The van der Waals surface area contributed by atoms with E-state index in [1.54, 1.807) is 0 Å². The van der Waals surface area contributed by atoms with Crippen LogP contribution in [0, 0.1) is 0 Å². The lowest BCUT2D eigenvalue weighted by molar-refractivity contribution is -0.0200. The van der Waals surface area contributed by atoms with E-state index in [-0.39, 0.29) is 13.2 Å². The van der Waals surface area contributed by atoms with Gasteiger partial charge in [-0.25, -0.2) is 0 Å². The van der Waals surface area contributed by atoms with Crippen molar-refractivity contribution >= 4 is 0 Å². The molecule has 0 aromatic carbocycles. The van der Waals surface area contributed by atoms with Crippen LogP contribution in [0.15, 0.2) is 0 Å². The first kappa shape index (κ1) is 6.01. The zero-order valence-electron chi connectivity index (χ0n) is 4.63. The maximum absolute atomic E-state index is 9.12. The quantitative estimate of drug-likeness (QED) is 0.470. The normalized spacial score (nSPS) is 38.2. The lowest BCUT2D eigenvalue weighted by Gasteiger charge is -2.14. The molecule has 1 heterocycles. The summed E-state index contributed by atoms with van der Waals surface area (Å²) in [5, 5.41) is 17.6. The molecular weight excluding hydrogens is 108 g/mol. The van der Waals surface area contributed by atoms with Gasteiger partial charge in [0.2, 0.25) is 0 Å². The van der Waals surface area contributed by atoms with Gasteiger partial charge < -0.3 is 14.9 Å². The van der Waals surface area contributed by atoms with Gasteiger partial charge in [-0.05, 0) is 0 Å². The minimum atomic E-state index is -0.931. The molecule has 0 aliphatic carbocycles. The molecule has 0 aromatic heterocycles. The van der Waals surface area contributed by atoms with Crippen molar-refractivity contribution in [2.75, 3.05) is 19.8 Å². The van der Waals surface area contributed by atoms with Crippen LogP contribution < -0.4 is 0 Å². The van der Waals surface area contributed by atoms with E-state index in [1.807, 2.05) is 0 Å². The number of aliphatic hydroxyl groups is 2. The highest BCUT2D eigenvalue weighted by Gasteiger charge is 2.30. The Bertz CT molecular complexity index is 75.7. The second kappa shape index (κ2) is 2.01. The molecule has 0 radical (unpaired) electrons.